The number of benzene rings is 2. The molecule has 0 bridgehead atoms. The van der Waals surface area contributed by atoms with Gasteiger partial charge in [0, 0.05) is 18.4 Å². The average molecular weight is 568 g/mol. The van der Waals surface area contributed by atoms with Gasteiger partial charge >= 0.3 is 24.5 Å². The number of hydrogen-bond acceptors (Lipinski definition) is 6. The summed E-state index contributed by atoms with van der Waals surface area (Å²) < 4.78 is 90.9. The first-order chi connectivity index (χ1) is 17.7. The minimum absolute atomic E-state index is 0.0112. The number of halogens is 7. The number of nitrogens with zero attached hydrogens (tertiary/aromatic N) is 2. The van der Waals surface area contributed by atoms with Gasteiger partial charge in [-0.3, -0.25) is 4.79 Å². The van der Waals surface area contributed by atoms with E-state index < -0.39 is 52.8 Å². The first kappa shape index (κ1) is 29.0. The van der Waals surface area contributed by atoms with Crippen LogP contribution >= 0.6 is 11.6 Å². The Kier molecular flexibility index (Phi) is 8.46. The standard InChI is InChI=1S/C23H20ClF6N3O5/c1-3-37-19(34)21(12-36-2)11-33(20(35)31-14-5-7-15(8-6-14)38-23(28,29)30)32-18(21)13-4-9-16(17(24)10-13)22(25,26)27/h4-10H,3,11-12H2,1-2H3,(H,31,35). The summed E-state index contributed by atoms with van der Waals surface area (Å²) in [4.78, 5) is 26.0. The molecule has 1 heterocycles. The Morgan fingerprint density at radius 3 is 2.29 bits per heavy atom. The predicted molar refractivity (Wildman–Crippen MR) is 123 cm³/mol. The van der Waals surface area contributed by atoms with Gasteiger partial charge in [-0.25, -0.2) is 9.80 Å². The summed E-state index contributed by atoms with van der Waals surface area (Å²) in [5.41, 5.74) is -2.88. The lowest BCUT2D eigenvalue weighted by Gasteiger charge is -2.28. The van der Waals surface area contributed by atoms with Crippen LogP contribution in [0.5, 0.6) is 5.75 Å². The van der Waals surface area contributed by atoms with Gasteiger partial charge in [-0.15, -0.1) is 13.2 Å². The van der Waals surface area contributed by atoms with Gasteiger partial charge < -0.3 is 19.5 Å². The molecule has 2 amide bonds. The third kappa shape index (κ3) is 6.48. The molecule has 3 rings (SSSR count). The third-order valence-electron chi connectivity index (χ3n) is 5.27. The summed E-state index contributed by atoms with van der Waals surface area (Å²) in [6.07, 6.45) is -9.63. The van der Waals surface area contributed by atoms with Crippen LogP contribution in [0.3, 0.4) is 0 Å². The highest BCUT2D eigenvalue weighted by molar-refractivity contribution is 6.32. The minimum atomic E-state index is -4.90. The van der Waals surface area contributed by atoms with Crippen LogP contribution in [0.4, 0.5) is 36.8 Å². The fourth-order valence-electron chi connectivity index (χ4n) is 3.70. The van der Waals surface area contributed by atoms with Crippen molar-refractivity contribution in [1.29, 1.82) is 0 Å². The highest BCUT2D eigenvalue weighted by Gasteiger charge is 2.53. The fourth-order valence-corrected chi connectivity index (χ4v) is 3.99. The Hall–Kier alpha value is -3.52. The first-order valence-electron chi connectivity index (χ1n) is 10.8. The van der Waals surface area contributed by atoms with E-state index >= 15 is 0 Å². The van der Waals surface area contributed by atoms with Crippen molar-refractivity contribution in [2.45, 2.75) is 19.5 Å². The zero-order valence-electron chi connectivity index (χ0n) is 19.7. The number of methoxy groups -OCH3 is 1. The molecule has 206 valence electrons. The van der Waals surface area contributed by atoms with Gasteiger partial charge in [-0.2, -0.15) is 18.3 Å². The summed E-state index contributed by atoms with van der Waals surface area (Å²) in [5, 5.41) is 6.76. The van der Waals surface area contributed by atoms with Gasteiger partial charge in [0.05, 0.1) is 36.1 Å². The number of ether oxygens (including phenoxy) is 3. The van der Waals surface area contributed by atoms with E-state index in [1.807, 2.05) is 0 Å². The van der Waals surface area contributed by atoms with Crippen molar-refractivity contribution in [3.8, 4) is 5.75 Å². The number of urea groups is 1. The van der Waals surface area contributed by atoms with Gasteiger partial charge in [0.25, 0.3) is 0 Å². The molecule has 0 saturated carbocycles. The van der Waals surface area contributed by atoms with Gasteiger partial charge in [-0.1, -0.05) is 17.7 Å². The van der Waals surface area contributed by atoms with E-state index in [2.05, 4.69) is 15.2 Å². The van der Waals surface area contributed by atoms with Crippen molar-refractivity contribution >= 4 is 35.0 Å². The van der Waals surface area contributed by atoms with E-state index in [0.717, 1.165) is 47.5 Å². The number of hydrogen-bond donors (Lipinski definition) is 1. The number of carbonyl (C=O) groups excluding carboxylic acids is 2. The maximum atomic E-state index is 13.2. The molecule has 2 aromatic carbocycles. The monoisotopic (exact) mass is 567 g/mol. The lowest BCUT2D eigenvalue weighted by atomic mass is 9.80. The maximum absolute atomic E-state index is 13.2. The van der Waals surface area contributed by atoms with Gasteiger partial charge in [0.1, 0.15) is 5.75 Å². The van der Waals surface area contributed by atoms with Crippen LogP contribution < -0.4 is 10.1 Å². The fraction of sp³-hybridized carbons (Fsp3) is 0.348. The van der Waals surface area contributed by atoms with E-state index in [4.69, 9.17) is 21.1 Å². The molecule has 0 aromatic heterocycles. The van der Waals surface area contributed by atoms with Crippen LogP contribution in [-0.2, 0) is 20.4 Å². The average Bonchev–Trinajstić information content (AvgIpc) is 3.20. The zero-order valence-corrected chi connectivity index (χ0v) is 20.5. The molecule has 0 fully saturated rings. The Bertz CT molecular complexity index is 1220. The van der Waals surface area contributed by atoms with Gasteiger partial charge in [-0.05, 0) is 43.3 Å². The summed E-state index contributed by atoms with van der Waals surface area (Å²) in [6.45, 7) is 0.713. The van der Waals surface area contributed by atoms with Crippen LogP contribution in [0.2, 0.25) is 5.02 Å². The van der Waals surface area contributed by atoms with E-state index in [0.29, 0.717) is 0 Å². The molecule has 8 nitrogen and oxygen atoms in total. The van der Waals surface area contributed by atoms with Crippen LogP contribution in [-0.4, -0.2) is 56.0 Å². The van der Waals surface area contributed by atoms with Crippen molar-refractivity contribution in [3.63, 3.8) is 0 Å². The van der Waals surface area contributed by atoms with E-state index in [-0.39, 0.29) is 30.2 Å². The van der Waals surface area contributed by atoms with E-state index in [1.54, 1.807) is 0 Å². The van der Waals surface area contributed by atoms with Gasteiger partial charge in [0.2, 0.25) is 0 Å². The first-order valence-corrected chi connectivity index (χ1v) is 11.1. The summed E-state index contributed by atoms with van der Waals surface area (Å²) in [5.74, 6) is -1.36. The Balaban J connectivity index is 1.96. The second-order valence-electron chi connectivity index (χ2n) is 7.94. The molecule has 0 spiro atoms. The minimum Gasteiger partial charge on any atom is -0.465 e. The number of esters is 1. The van der Waals surface area contributed by atoms with Crippen LogP contribution in [0, 0.1) is 5.41 Å². The van der Waals surface area contributed by atoms with Gasteiger partial charge in [0.15, 0.2) is 5.41 Å². The quantitative estimate of drug-likeness (QED) is 0.342. The number of anilines is 1. The van der Waals surface area contributed by atoms with E-state index in [1.165, 1.54) is 14.0 Å². The van der Waals surface area contributed by atoms with Crippen molar-refractivity contribution in [2.24, 2.45) is 10.5 Å². The molecule has 0 aliphatic carbocycles. The van der Waals surface area contributed by atoms with Crippen LogP contribution in [0.15, 0.2) is 47.6 Å². The van der Waals surface area contributed by atoms with E-state index in [9.17, 15) is 35.9 Å². The van der Waals surface area contributed by atoms with Crippen LogP contribution in [0.1, 0.15) is 18.1 Å². The largest absolute Gasteiger partial charge is 0.573 e. The number of alkyl halides is 6. The van der Waals surface area contributed by atoms with Crippen LogP contribution in [0.25, 0.3) is 0 Å². The second kappa shape index (κ2) is 11.1. The number of rotatable bonds is 7. The topological polar surface area (TPSA) is 89.5 Å². The number of amides is 2. The molecule has 1 atom stereocenters. The molecular weight excluding hydrogens is 548 g/mol. The molecule has 0 saturated heterocycles. The highest BCUT2D eigenvalue weighted by Crippen LogP contribution is 2.39. The predicted octanol–water partition coefficient (Wildman–Crippen LogP) is 5.71. The molecule has 0 radical (unpaired) electrons. The SMILES string of the molecule is CCOC(=O)C1(COC)CN(C(=O)Nc2ccc(OC(F)(F)F)cc2)N=C1c1ccc(C(F)(F)F)c(Cl)c1. The number of hydrazone groups is 1. The molecule has 15 heteroatoms. The zero-order chi connectivity index (χ0) is 28.3. The van der Waals surface area contributed by atoms with Crippen molar-refractivity contribution < 1.29 is 50.1 Å². The second-order valence-corrected chi connectivity index (χ2v) is 8.34. The lowest BCUT2D eigenvalue weighted by molar-refractivity contribution is -0.274. The highest BCUT2D eigenvalue weighted by atomic mass is 35.5. The normalized spacial score (nSPS) is 17.7. The van der Waals surface area contributed by atoms with Crippen molar-refractivity contribution in [3.05, 3.63) is 58.6 Å². The lowest BCUT2D eigenvalue weighted by Crippen LogP contribution is -2.48. The molecule has 1 N–H and O–H groups in total. The summed E-state index contributed by atoms with van der Waals surface area (Å²) in [6, 6.07) is 6.07. The molecule has 1 aliphatic heterocycles. The molecule has 1 unspecified atom stereocenters. The Morgan fingerprint density at radius 1 is 1.11 bits per heavy atom. The molecule has 2 aromatic rings. The maximum Gasteiger partial charge on any atom is 0.573 e. The summed E-state index contributed by atoms with van der Waals surface area (Å²) in [7, 11) is 1.27. The molecular formula is C23H20ClF6N3O5. The Labute approximate surface area is 217 Å². The summed E-state index contributed by atoms with van der Waals surface area (Å²) >= 11 is 5.87. The molecule has 1 aliphatic rings. The smallest absolute Gasteiger partial charge is 0.465 e. The Morgan fingerprint density at radius 2 is 1.76 bits per heavy atom. The third-order valence-corrected chi connectivity index (χ3v) is 5.58. The van der Waals surface area contributed by atoms with Crippen molar-refractivity contribution in [2.75, 3.05) is 32.2 Å². The number of nitrogens with one attached hydrogen (secondary N) is 1. The number of carbonyl (C=O) groups is 2. The van der Waals surface area contributed by atoms with Crippen molar-refractivity contribution in [1.82, 2.24) is 5.01 Å². The molecule has 38 heavy (non-hydrogen) atoms.